The fourth-order valence-electron chi connectivity index (χ4n) is 1.25. The van der Waals surface area contributed by atoms with E-state index in [9.17, 15) is 4.79 Å². The minimum absolute atomic E-state index is 0.210. The molecule has 0 aliphatic carbocycles. The van der Waals surface area contributed by atoms with Crippen LogP contribution in [0.1, 0.15) is 36.7 Å². The topological polar surface area (TPSA) is 67.2 Å². The van der Waals surface area contributed by atoms with Gasteiger partial charge in [0.15, 0.2) is 0 Å². The van der Waals surface area contributed by atoms with Crippen LogP contribution in [-0.2, 0) is 0 Å². The molecule has 0 radical (unpaired) electrons. The summed E-state index contributed by atoms with van der Waals surface area (Å²) >= 11 is 5.90. The van der Waals surface area contributed by atoms with Gasteiger partial charge in [-0.15, -0.1) is 0 Å². The maximum atomic E-state index is 11.9. The van der Waals surface area contributed by atoms with Crippen molar-refractivity contribution >= 4 is 23.2 Å². The zero-order valence-electron chi connectivity index (χ0n) is 10.5. The summed E-state index contributed by atoms with van der Waals surface area (Å²) in [6, 6.07) is 3.29. The Labute approximate surface area is 106 Å². The first-order chi connectivity index (χ1) is 7.70. The molecule has 0 aromatic heterocycles. The third-order valence-electron chi connectivity index (χ3n) is 2.15. The second kappa shape index (κ2) is 4.94. The summed E-state index contributed by atoms with van der Waals surface area (Å²) in [4.78, 5) is 11.9. The molecule has 0 spiro atoms. The Morgan fingerprint density at radius 3 is 2.47 bits per heavy atom. The van der Waals surface area contributed by atoms with E-state index in [-0.39, 0.29) is 11.4 Å². The van der Waals surface area contributed by atoms with E-state index in [1.165, 1.54) is 0 Å². The van der Waals surface area contributed by atoms with Gasteiger partial charge in [-0.05, 0) is 45.4 Å². The zero-order valence-corrected chi connectivity index (χ0v) is 11.3. The highest BCUT2D eigenvalue weighted by Gasteiger charge is 2.15. The quantitative estimate of drug-likeness (QED) is 0.561. The van der Waals surface area contributed by atoms with Gasteiger partial charge in [-0.3, -0.25) is 10.2 Å². The van der Waals surface area contributed by atoms with Crippen LogP contribution >= 0.6 is 11.6 Å². The highest BCUT2D eigenvalue weighted by Crippen LogP contribution is 2.22. The number of nitrogen functional groups attached to an aromatic ring is 1. The number of nitrogens with one attached hydrogen (secondary N) is 2. The van der Waals surface area contributed by atoms with E-state index in [4.69, 9.17) is 17.3 Å². The molecular formula is C12H18ClN3O. The van der Waals surface area contributed by atoms with Crippen molar-refractivity contribution in [1.82, 2.24) is 10.9 Å². The lowest BCUT2D eigenvalue weighted by atomic mass is 10.1. The molecule has 0 aliphatic heterocycles. The normalized spacial score (nSPS) is 11.4. The summed E-state index contributed by atoms with van der Waals surface area (Å²) in [5, 5.41) is 0.498. The number of hydrogen-bond donors (Lipinski definition) is 3. The second-order valence-electron chi connectivity index (χ2n) is 5.01. The monoisotopic (exact) mass is 255 g/mol. The Morgan fingerprint density at radius 2 is 1.94 bits per heavy atom. The average molecular weight is 256 g/mol. The van der Waals surface area contributed by atoms with E-state index >= 15 is 0 Å². The lowest BCUT2D eigenvalue weighted by Gasteiger charge is -2.21. The summed E-state index contributed by atoms with van der Waals surface area (Å²) in [6.07, 6.45) is 0. The molecule has 0 fully saturated rings. The molecule has 94 valence electrons. The number of hydrazine groups is 1. The van der Waals surface area contributed by atoms with Crippen LogP contribution in [0, 0.1) is 6.92 Å². The molecule has 1 aromatic carbocycles. The highest BCUT2D eigenvalue weighted by atomic mass is 35.5. The Morgan fingerprint density at radius 1 is 1.35 bits per heavy atom. The summed E-state index contributed by atoms with van der Waals surface area (Å²) in [6.45, 7) is 7.65. The van der Waals surface area contributed by atoms with Gasteiger partial charge in [-0.1, -0.05) is 11.6 Å². The van der Waals surface area contributed by atoms with Crippen LogP contribution < -0.4 is 16.6 Å². The zero-order chi connectivity index (χ0) is 13.2. The Hall–Kier alpha value is -1.26. The number of aryl methyl sites for hydroxylation is 1. The van der Waals surface area contributed by atoms with E-state index in [0.29, 0.717) is 16.3 Å². The fourth-order valence-corrected chi connectivity index (χ4v) is 1.53. The van der Waals surface area contributed by atoms with Crippen molar-refractivity contribution in [2.45, 2.75) is 33.2 Å². The Kier molecular flexibility index (Phi) is 4.01. The van der Waals surface area contributed by atoms with E-state index in [0.717, 1.165) is 5.56 Å². The van der Waals surface area contributed by atoms with Gasteiger partial charge in [0.05, 0.1) is 5.56 Å². The largest absolute Gasteiger partial charge is 0.398 e. The molecule has 0 saturated carbocycles. The molecule has 1 rings (SSSR count). The molecule has 4 N–H and O–H groups in total. The molecule has 0 heterocycles. The van der Waals surface area contributed by atoms with Crippen LogP contribution in [0.3, 0.4) is 0 Å². The third kappa shape index (κ3) is 3.91. The predicted octanol–water partition coefficient (Wildman–Crippen LogP) is 2.26. The lowest BCUT2D eigenvalue weighted by Crippen LogP contribution is -2.48. The number of benzene rings is 1. The van der Waals surface area contributed by atoms with Gasteiger partial charge in [0.1, 0.15) is 0 Å². The van der Waals surface area contributed by atoms with Crippen molar-refractivity contribution in [2.75, 3.05) is 5.73 Å². The number of carbonyl (C=O) groups is 1. The maximum Gasteiger partial charge on any atom is 0.267 e. The Bertz CT molecular complexity index is 438. The summed E-state index contributed by atoms with van der Waals surface area (Å²) in [7, 11) is 0. The fraction of sp³-hybridized carbons (Fsp3) is 0.417. The number of anilines is 1. The van der Waals surface area contributed by atoms with Crippen LogP contribution in [0.5, 0.6) is 0 Å². The third-order valence-corrected chi connectivity index (χ3v) is 2.37. The van der Waals surface area contributed by atoms with Crippen molar-refractivity contribution in [3.8, 4) is 0 Å². The summed E-state index contributed by atoms with van der Waals surface area (Å²) in [5.74, 6) is -0.289. The predicted molar refractivity (Wildman–Crippen MR) is 71.0 cm³/mol. The molecule has 0 unspecified atom stereocenters. The standard InChI is InChI=1S/C12H18ClN3O/c1-7-5-8(13)6-9(10(7)14)11(17)15-16-12(2,3)4/h5-6,16H,14H2,1-4H3,(H,15,17). The van der Waals surface area contributed by atoms with Crippen molar-refractivity contribution in [3.63, 3.8) is 0 Å². The molecule has 0 saturated heterocycles. The van der Waals surface area contributed by atoms with Crippen LogP contribution in [0.25, 0.3) is 0 Å². The number of rotatable bonds is 2. The maximum absolute atomic E-state index is 11.9. The number of carbonyl (C=O) groups excluding carboxylic acids is 1. The van der Waals surface area contributed by atoms with E-state index in [2.05, 4.69) is 10.9 Å². The Balaban J connectivity index is 2.90. The molecule has 17 heavy (non-hydrogen) atoms. The first kappa shape index (κ1) is 13.8. The van der Waals surface area contributed by atoms with Crippen LogP contribution in [0.2, 0.25) is 5.02 Å². The van der Waals surface area contributed by atoms with E-state index in [1.54, 1.807) is 12.1 Å². The van der Waals surface area contributed by atoms with Gasteiger partial charge in [0, 0.05) is 16.2 Å². The number of halogens is 1. The molecule has 0 bridgehead atoms. The first-order valence-electron chi connectivity index (χ1n) is 5.34. The van der Waals surface area contributed by atoms with Gasteiger partial charge in [0.2, 0.25) is 0 Å². The average Bonchev–Trinajstić information content (AvgIpc) is 2.19. The minimum Gasteiger partial charge on any atom is -0.398 e. The number of nitrogens with two attached hydrogens (primary N) is 1. The lowest BCUT2D eigenvalue weighted by molar-refractivity contribution is 0.0915. The molecule has 1 amide bonds. The van der Waals surface area contributed by atoms with Crippen molar-refractivity contribution in [1.29, 1.82) is 0 Å². The van der Waals surface area contributed by atoms with E-state index < -0.39 is 0 Å². The van der Waals surface area contributed by atoms with Crippen molar-refractivity contribution < 1.29 is 4.79 Å². The summed E-state index contributed by atoms with van der Waals surface area (Å²) in [5.41, 5.74) is 12.7. The molecule has 0 atom stereocenters. The number of amides is 1. The van der Waals surface area contributed by atoms with Crippen LogP contribution in [0.15, 0.2) is 12.1 Å². The molecule has 5 heteroatoms. The van der Waals surface area contributed by atoms with Crippen molar-refractivity contribution in [3.05, 3.63) is 28.3 Å². The molecule has 0 aliphatic rings. The summed E-state index contributed by atoms with van der Waals surface area (Å²) < 4.78 is 0. The van der Waals surface area contributed by atoms with Crippen molar-refractivity contribution in [2.24, 2.45) is 0 Å². The minimum atomic E-state index is -0.289. The highest BCUT2D eigenvalue weighted by molar-refractivity contribution is 6.31. The molecule has 4 nitrogen and oxygen atoms in total. The molecular weight excluding hydrogens is 238 g/mol. The van der Waals surface area contributed by atoms with Gasteiger partial charge in [-0.2, -0.15) is 0 Å². The van der Waals surface area contributed by atoms with Gasteiger partial charge in [0.25, 0.3) is 5.91 Å². The second-order valence-corrected chi connectivity index (χ2v) is 5.45. The molecule has 1 aromatic rings. The van der Waals surface area contributed by atoms with Gasteiger partial charge >= 0.3 is 0 Å². The number of hydrogen-bond acceptors (Lipinski definition) is 3. The van der Waals surface area contributed by atoms with Crippen LogP contribution in [0.4, 0.5) is 5.69 Å². The first-order valence-corrected chi connectivity index (χ1v) is 5.71. The van der Waals surface area contributed by atoms with Gasteiger partial charge < -0.3 is 5.73 Å². The van der Waals surface area contributed by atoms with Crippen LogP contribution in [-0.4, -0.2) is 11.4 Å². The van der Waals surface area contributed by atoms with E-state index in [1.807, 2.05) is 27.7 Å². The van der Waals surface area contributed by atoms with Gasteiger partial charge in [-0.25, -0.2) is 5.43 Å². The smallest absolute Gasteiger partial charge is 0.267 e. The SMILES string of the molecule is Cc1cc(Cl)cc(C(=O)NNC(C)(C)C)c1N.